The van der Waals surface area contributed by atoms with Gasteiger partial charge in [0, 0.05) is 18.3 Å². The summed E-state index contributed by atoms with van der Waals surface area (Å²) in [6.07, 6.45) is -3.87. The van der Waals surface area contributed by atoms with Crippen LogP contribution >= 0.6 is 0 Å². The van der Waals surface area contributed by atoms with Crippen molar-refractivity contribution in [1.29, 1.82) is 0 Å². The van der Waals surface area contributed by atoms with Crippen LogP contribution < -0.4 is 0 Å². The highest BCUT2D eigenvalue weighted by molar-refractivity contribution is 5.95. The van der Waals surface area contributed by atoms with Gasteiger partial charge in [0.05, 0.1) is 42.7 Å². The summed E-state index contributed by atoms with van der Waals surface area (Å²) in [5.74, 6) is -4.53. The Bertz CT molecular complexity index is 1280. The SMILES string of the molecule is COC(=O)O[C@@]12CO[C@@H]1C[C@H](O)[C@@]1(C)C(=O)[C@H](OC(=O)CO)C3=C(C)[C@@](C)(O)C[C@@](O)([C@@H](OC(=O)C4CCCCC4)C12)C3(C)C. The Labute approximate surface area is 262 Å². The summed E-state index contributed by atoms with van der Waals surface area (Å²) in [6, 6.07) is 0. The van der Waals surface area contributed by atoms with E-state index in [1.807, 2.05) is 0 Å². The molecule has 4 fully saturated rings. The van der Waals surface area contributed by atoms with Gasteiger partial charge in [0.2, 0.25) is 0 Å². The topological polar surface area (TPSA) is 195 Å². The third-order valence-electron chi connectivity index (χ3n) is 11.7. The number of aliphatic hydroxyl groups excluding tert-OH is 2. The van der Waals surface area contributed by atoms with E-state index in [9.17, 15) is 34.8 Å². The molecule has 3 saturated carbocycles. The third-order valence-corrected chi connectivity index (χ3v) is 11.7. The number of aliphatic hydroxyl groups is 4. The summed E-state index contributed by atoms with van der Waals surface area (Å²) in [4.78, 5) is 54.4. The molecule has 0 aromatic heterocycles. The van der Waals surface area contributed by atoms with Crippen molar-refractivity contribution < 1.29 is 63.3 Å². The number of ether oxygens (including phenoxy) is 5. The summed E-state index contributed by atoms with van der Waals surface area (Å²) in [5, 5.41) is 46.3. The number of rotatable bonds is 5. The highest BCUT2D eigenvalue weighted by Gasteiger charge is 2.79. The van der Waals surface area contributed by atoms with Crippen molar-refractivity contribution in [2.24, 2.45) is 22.7 Å². The highest BCUT2D eigenvalue weighted by atomic mass is 16.8. The van der Waals surface area contributed by atoms with Gasteiger partial charge in [-0.3, -0.25) is 9.59 Å². The number of carbonyl (C=O) groups is 4. The molecular formula is C32H46O13. The van der Waals surface area contributed by atoms with E-state index in [0.717, 1.165) is 26.4 Å². The van der Waals surface area contributed by atoms with Gasteiger partial charge in [0.1, 0.15) is 24.4 Å². The van der Waals surface area contributed by atoms with E-state index in [-0.39, 0.29) is 30.6 Å². The van der Waals surface area contributed by atoms with E-state index in [0.29, 0.717) is 12.8 Å². The van der Waals surface area contributed by atoms with E-state index in [2.05, 4.69) is 0 Å². The fourth-order valence-corrected chi connectivity index (χ4v) is 8.88. The average molecular weight is 639 g/mol. The minimum absolute atomic E-state index is 0.0635. The maximum atomic E-state index is 15.0. The molecule has 5 rings (SSSR count). The maximum absolute atomic E-state index is 15.0. The standard InChI is InChI=1S/C32H46O13/c1-16-21-22(43-20(35)13-33)24(36)30(5)18(34)12-19-31(15-42-19,45-27(38)41-6)23(30)25(44-26(37)17-10-8-7-9-11-17)32(40,28(21,2)3)14-29(16,4)39/h17-19,22-23,25,33-34,39-40H,7-15H2,1-6H3/t18-,19+,22+,23?,25-,29-,30+,31-,32+/m0/s1. The monoisotopic (exact) mass is 638 g/mol. The van der Waals surface area contributed by atoms with Crippen molar-refractivity contribution in [2.75, 3.05) is 20.3 Å². The highest BCUT2D eigenvalue weighted by Crippen LogP contribution is 2.65. The summed E-state index contributed by atoms with van der Waals surface area (Å²) in [5.41, 5.74) is -8.91. The van der Waals surface area contributed by atoms with Gasteiger partial charge < -0.3 is 44.1 Å². The largest absolute Gasteiger partial charge is 0.508 e. The zero-order chi connectivity index (χ0) is 33.3. The molecule has 2 bridgehead atoms. The van der Waals surface area contributed by atoms with Crippen LogP contribution in [0.5, 0.6) is 0 Å². The Morgan fingerprint density at radius 1 is 1.02 bits per heavy atom. The van der Waals surface area contributed by atoms with Crippen LogP contribution in [-0.4, -0.2) is 106 Å². The Kier molecular flexibility index (Phi) is 8.47. The van der Waals surface area contributed by atoms with Crippen LogP contribution in [0.3, 0.4) is 0 Å². The van der Waals surface area contributed by atoms with Crippen molar-refractivity contribution in [2.45, 2.75) is 121 Å². The zero-order valence-electron chi connectivity index (χ0n) is 26.8. The summed E-state index contributed by atoms with van der Waals surface area (Å²) in [6.45, 7) is 6.26. The maximum Gasteiger partial charge on any atom is 0.508 e. The Morgan fingerprint density at radius 2 is 1.67 bits per heavy atom. The molecule has 0 amide bonds. The van der Waals surface area contributed by atoms with Crippen molar-refractivity contribution in [1.82, 2.24) is 0 Å². The van der Waals surface area contributed by atoms with Crippen molar-refractivity contribution in [3.8, 4) is 0 Å². The molecular weight excluding hydrogens is 592 g/mol. The second-order valence-electron chi connectivity index (χ2n) is 14.4. The minimum atomic E-state index is -2.18. The Hall–Kier alpha value is -2.58. The lowest BCUT2D eigenvalue weighted by atomic mass is 9.44. The number of hydrogen-bond acceptors (Lipinski definition) is 13. The molecule has 0 aromatic carbocycles. The first-order valence-corrected chi connectivity index (χ1v) is 15.7. The van der Waals surface area contributed by atoms with Crippen LogP contribution in [0.15, 0.2) is 11.1 Å². The minimum Gasteiger partial charge on any atom is -0.459 e. The van der Waals surface area contributed by atoms with Gasteiger partial charge in [-0.2, -0.15) is 0 Å². The van der Waals surface area contributed by atoms with Crippen molar-refractivity contribution >= 4 is 23.9 Å². The first-order valence-electron chi connectivity index (χ1n) is 15.7. The quantitative estimate of drug-likeness (QED) is 0.192. The lowest BCUT2D eigenvalue weighted by Gasteiger charge is -2.67. The number of carbonyl (C=O) groups excluding carboxylic acids is 4. The first-order chi connectivity index (χ1) is 20.9. The summed E-state index contributed by atoms with van der Waals surface area (Å²) in [7, 11) is 1.10. The van der Waals surface area contributed by atoms with E-state index in [1.54, 1.807) is 20.8 Å². The van der Waals surface area contributed by atoms with E-state index < -0.39 is 94.4 Å². The molecule has 45 heavy (non-hydrogen) atoms. The molecule has 1 aliphatic heterocycles. The number of esters is 2. The average Bonchev–Trinajstić information content (AvgIpc) is 2.98. The molecule has 1 saturated heterocycles. The van der Waals surface area contributed by atoms with Crippen molar-refractivity contribution in [3.63, 3.8) is 0 Å². The fourth-order valence-electron chi connectivity index (χ4n) is 8.88. The van der Waals surface area contributed by atoms with Gasteiger partial charge in [-0.25, -0.2) is 9.59 Å². The van der Waals surface area contributed by atoms with Gasteiger partial charge in [0.15, 0.2) is 17.5 Å². The van der Waals surface area contributed by atoms with E-state index in [1.165, 1.54) is 13.8 Å². The van der Waals surface area contributed by atoms with Gasteiger partial charge in [-0.15, -0.1) is 0 Å². The van der Waals surface area contributed by atoms with Crippen LogP contribution in [0.2, 0.25) is 0 Å². The molecule has 13 heteroatoms. The van der Waals surface area contributed by atoms with E-state index in [4.69, 9.17) is 23.7 Å². The van der Waals surface area contributed by atoms with E-state index >= 15 is 4.79 Å². The van der Waals surface area contributed by atoms with Gasteiger partial charge in [-0.05, 0) is 44.8 Å². The van der Waals surface area contributed by atoms with Crippen LogP contribution in [0.4, 0.5) is 4.79 Å². The van der Waals surface area contributed by atoms with Crippen LogP contribution in [-0.2, 0) is 38.1 Å². The Balaban J connectivity index is 1.82. The molecule has 1 heterocycles. The molecule has 4 aliphatic carbocycles. The number of methoxy groups -OCH3 is 1. The number of fused-ring (bicyclic) bond motifs is 5. The molecule has 0 spiro atoms. The first kappa shape index (κ1) is 33.8. The number of ketones is 1. The molecule has 0 aromatic rings. The molecule has 9 atom stereocenters. The molecule has 13 nitrogen and oxygen atoms in total. The predicted octanol–water partition coefficient (Wildman–Crippen LogP) is 1.50. The molecule has 4 N–H and O–H groups in total. The lowest BCUT2D eigenvalue weighted by Crippen LogP contribution is -2.82. The smallest absolute Gasteiger partial charge is 0.459 e. The van der Waals surface area contributed by atoms with Crippen LogP contribution in [0.25, 0.3) is 0 Å². The molecule has 0 radical (unpaired) electrons. The number of hydrogen-bond donors (Lipinski definition) is 4. The number of Topliss-reactive ketones (excluding diaryl/α,β-unsaturated/α-hetero) is 1. The normalized spacial score (nSPS) is 42.6. The zero-order valence-corrected chi connectivity index (χ0v) is 26.8. The summed E-state index contributed by atoms with van der Waals surface area (Å²) >= 11 is 0. The lowest BCUT2D eigenvalue weighted by molar-refractivity contribution is -0.347. The summed E-state index contributed by atoms with van der Waals surface area (Å²) < 4.78 is 28.5. The van der Waals surface area contributed by atoms with Crippen LogP contribution in [0, 0.1) is 22.7 Å². The Morgan fingerprint density at radius 3 is 2.22 bits per heavy atom. The van der Waals surface area contributed by atoms with Crippen LogP contribution in [0.1, 0.15) is 79.6 Å². The molecule has 5 aliphatic rings. The fraction of sp³-hybridized carbons (Fsp3) is 0.812. The van der Waals surface area contributed by atoms with Gasteiger partial charge in [0.25, 0.3) is 0 Å². The third kappa shape index (κ3) is 4.83. The molecule has 252 valence electrons. The second kappa shape index (κ2) is 11.3. The predicted molar refractivity (Wildman–Crippen MR) is 153 cm³/mol. The van der Waals surface area contributed by atoms with Gasteiger partial charge in [-0.1, -0.05) is 33.1 Å². The second-order valence-corrected chi connectivity index (χ2v) is 14.4. The van der Waals surface area contributed by atoms with Gasteiger partial charge >= 0.3 is 18.1 Å². The van der Waals surface area contributed by atoms with Crippen molar-refractivity contribution in [3.05, 3.63) is 11.1 Å². The molecule has 1 unspecified atom stereocenters.